The van der Waals surface area contributed by atoms with Crippen LogP contribution >= 0.6 is 46.1 Å². The predicted octanol–water partition coefficient (Wildman–Crippen LogP) is 4.97. The van der Waals surface area contributed by atoms with E-state index in [-0.39, 0.29) is 15.7 Å². The topological polar surface area (TPSA) is 111 Å². The average Bonchev–Trinajstić information content (AvgIpc) is 2.74. The van der Waals surface area contributed by atoms with Crippen molar-refractivity contribution < 1.29 is 9.85 Å². The van der Waals surface area contributed by atoms with Gasteiger partial charge in [0.05, 0.1) is 42.7 Å². The molecule has 2 aromatic rings. The van der Waals surface area contributed by atoms with Gasteiger partial charge in [-0.2, -0.15) is 5.10 Å². The second kappa shape index (κ2) is 7.09. The number of hydrogen-bond acceptors (Lipinski definition) is 7. The number of non-ortho nitro benzene ring substituents is 2. The molecule has 120 valence electrons. The molecule has 0 atom stereocenters. The van der Waals surface area contributed by atoms with Crippen molar-refractivity contribution >= 4 is 69.4 Å². The van der Waals surface area contributed by atoms with Gasteiger partial charge in [-0.3, -0.25) is 25.7 Å². The van der Waals surface area contributed by atoms with Crippen molar-refractivity contribution in [1.29, 1.82) is 0 Å². The van der Waals surface area contributed by atoms with Gasteiger partial charge in [0.1, 0.15) is 4.34 Å². The summed E-state index contributed by atoms with van der Waals surface area (Å²) in [5, 5.41) is 25.8. The molecule has 0 amide bonds. The Hall–Kier alpha value is -1.94. The normalized spacial score (nSPS) is 10.9. The molecule has 1 N–H and O–H groups in total. The van der Waals surface area contributed by atoms with Crippen LogP contribution in [0.25, 0.3) is 0 Å². The molecule has 0 radical (unpaired) electrons. The average molecular weight is 396 g/mol. The van der Waals surface area contributed by atoms with E-state index in [2.05, 4.69) is 10.5 Å². The minimum atomic E-state index is -0.739. The van der Waals surface area contributed by atoms with Crippen LogP contribution < -0.4 is 5.43 Å². The summed E-state index contributed by atoms with van der Waals surface area (Å²) in [4.78, 5) is 20.5. The number of hydrogen-bond donors (Lipinski definition) is 1. The van der Waals surface area contributed by atoms with Crippen LogP contribution in [0, 0.1) is 20.2 Å². The number of anilines is 1. The first-order chi connectivity index (χ1) is 10.8. The van der Waals surface area contributed by atoms with Gasteiger partial charge < -0.3 is 0 Å². The molecule has 1 aromatic carbocycles. The lowest BCUT2D eigenvalue weighted by atomic mass is 10.2. The molecule has 0 saturated heterocycles. The van der Waals surface area contributed by atoms with Gasteiger partial charge in [-0.15, -0.1) is 11.3 Å². The van der Waals surface area contributed by atoms with Crippen molar-refractivity contribution in [2.24, 2.45) is 5.10 Å². The van der Waals surface area contributed by atoms with Crippen LogP contribution in [0.3, 0.4) is 0 Å². The maximum atomic E-state index is 10.8. The van der Waals surface area contributed by atoms with Gasteiger partial charge in [0.25, 0.3) is 11.4 Å². The summed E-state index contributed by atoms with van der Waals surface area (Å²) >= 11 is 18.6. The second-order valence-corrected chi connectivity index (χ2v) is 6.40. The summed E-state index contributed by atoms with van der Waals surface area (Å²) in [5.74, 6) is 0. The highest BCUT2D eigenvalue weighted by molar-refractivity contribution is 7.19. The summed E-state index contributed by atoms with van der Waals surface area (Å²) in [6, 6.07) is 3.07. The van der Waals surface area contributed by atoms with Gasteiger partial charge in [-0.25, -0.2) is 0 Å². The Kier molecular flexibility index (Phi) is 5.37. The van der Waals surface area contributed by atoms with Gasteiger partial charge in [0.15, 0.2) is 0 Å². The van der Waals surface area contributed by atoms with E-state index in [4.69, 9.17) is 34.8 Å². The number of nitro groups is 2. The first kappa shape index (κ1) is 17.4. The van der Waals surface area contributed by atoms with Gasteiger partial charge >= 0.3 is 0 Å². The number of nitro benzene ring substituents is 2. The Balaban J connectivity index is 2.25. The number of nitrogens with zero attached hydrogens (tertiary/aromatic N) is 3. The van der Waals surface area contributed by atoms with Crippen molar-refractivity contribution in [3.8, 4) is 0 Å². The molecule has 0 aliphatic carbocycles. The Labute approximate surface area is 147 Å². The molecule has 2 rings (SSSR count). The predicted molar refractivity (Wildman–Crippen MR) is 90.3 cm³/mol. The number of hydrazone groups is 1. The van der Waals surface area contributed by atoms with Crippen LogP contribution in [0.5, 0.6) is 0 Å². The van der Waals surface area contributed by atoms with Crippen LogP contribution in [0.15, 0.2) is 23.3 Å². The van der Waals surface area contributed by atoms with Gasteiger partial charge in [0.2, 0.25) is 0 Å². The Morgan fingerprint density at radius 1 is 1.04 bits per heavy atom. The van der Waals surface area contributed by atoms with E-state index >= 15 is 0 Å². The van der Waals surface area contributed by atoms with E-state index in [1.54, 1.807) is 0 Å². The highest BCUT2D eigenvalue weighted by atomic mass is 35.5. The molecule has 0 bridgehead atoms. The molecule has 23 heavy (non-hydrogen) atoms. The number of nitrogens with one attached hydrogen (secondary N) is 1. The molecule has 1 aromatic heterocycles. The first-order valence-electron chi connectivity index (χ1n) is 5.66. The van der Waals surface area contributed by atoms with E-state index in [1.807, 2.05) is 0 Å². The molecule has 0 fully saturated rings. The number of thiophene rings is 1. The zero-order valence-electron chi connectivity index (χ0n) is 10.8. The quantitative estimate of drug-likeness (QED) is 0.436. The smallest absolute Gasteiger partial charge is 0.278 e. The van der Waals surface area contributed by atoms with Gasteiger partial charge in [-0.1, -0.05) is 34.8 Å². The molecule has 8 nitrogen and oxygen atoms in total. The molecule has 1 heterocycles. The third-order valence-corrected chi connectivity index (χ3v) is 5.00. The van der Waals surface area contributed by atoms with E-state index in [1.165, 1.54) is 6.21 Å². The van der Waals surface area contributed by atoms with Crippen molar-refractivity contribution in [2.45, 2.75) is 0 Å². The van der Waals surface area contributed by atoms with E-state index in [9.17, 15) is 20.2 Å². The maximum absolute atomic E-state index is 10.8. The molecule has 0 aliphatic heterocycles. The SMILES string of the molecule is O=[N+]([O-])c1cc(NN=Cc2sc(Cl)c(Cl)c2Cl)cc([N+](=O)[O-])c1. The minimum Gasteiger partial charge on any atom is -0.278 e. The molecular weight excluding hydrogens is 391 g/mol. The summed E-state index contributed by atoms with van der Waals surface area (Å²) in [5.41, 5.74) is 1.67. The summed E-state index contributed by atoms with van der Waals surface area (Å²) in [6.45, 7) is 0. The van der Waals surface area contributed by atoms with E-state index in [0.29, 0.717) is 9.21 Å². The van der Waals surface area contributed by atoms with Gasteiger partial charge in [0, 0.05) is 12.1 Å². The zero-order valence-corrected chi connectivity index (χ0v) is 13.9. The lowest BCUT2D eigenvalue weighted by Gasteiger charge is -2.00. The number of benzene rings is 1. The number of halogens is 3. The van der Waals surface area contributed by atoms with Crippen LogP contribution in [0.1, 0.15) is 4.88 Å². The summed E-state index contributed by atoms with van der Waals surface area (Å²) in [6.07, 6.45) is 1.30. The largest absolute Gasteiger partial charge is 0.278 e. The number of rotatable bonds is 5. The molecule has 0 spiro atoms. The Morgan fingerprint density at radius 2 is 1.61 bits per heavy atom. The maximum Gasteiger partial charge on any atom is 0.278 e. The van der Waals surface area contributed by atoms with Gasteiger partial charge in [-0.05, 0) is 0 Å². The highest BCUT2D eigenvalue weighted by Gasteiger charge is 2.16. The van der Waals surface area contributed by atoms with E-state index < -0.39 is 21.2 Å². The van der Waals surface area contributed by atoms with Crippen molar-refractivity contribution in [3.63, 3.8) is 0 Å². The van der Waals surface area contributed by atoms with Crippen LogP contribution in [0.2, 0.25) is 14.4 Å². The van der Waals surface area contributed by atoms with Crippen LogP contribution in [0.4, 0.5) is 17.1 Å². The molecule has 12 heteroatoms. The zero-order chi connectivity index (χ0) is 17.1. The van der Waals surface area contributed by atoms with Crippen molar-refractivity contribution in [2.75, 3.05) is 5.43 Å². The Morgan fingerprint density at radius 3 is 2.04 bits per heavy atom. The second-order valence-electron chi connectivity index (χ2n) is 3.99. The molecule has 0 saturated carbocycles. The monoisotopic (exact) mass is 394 g/mol. The summed E-state index contributed by atoms with van der Waals surface area (Å²) < 4.78 is 0.295. The third kappa shape index (κ3) is 4.08. The van der Waals surface area contributed by atoms with E-state index in [0.717, 1.165) is 29.5 Å². The molecular formula is C11H5Cl3N4O4S. The third-order valence-electron chi connectivity index (χ3n) is 2.48. The molecule has 0 unspecified atom stereocenters. The fourth-order valence-electron chi connectivity index (χ4n) is 1.50. The van der Waals surface area contributed by atoms with Crippen LogP contribution in [-0.2, 0) is 0 Å². The minimum absolute atomic E-state index is 0.0759. The fraction of sp³-hybridized carbons (Fsp3) is 0. The van der Waals surface area contributed by atoms with Crippen LogP contribution in [-0.4, -0.2) is 16.1 Å². The van der Waals surface area contributed by atoms with Crippen molar-refractivity contribution in [3.05, 3.63) is 57.7 Å². The highest BCUT2D eigenvalue weighted by Crippen LogP contribution is 2.39. The fourth-order valence-corrected chi connectivity index (χ4v) is 3.16. The lowest BCUT2D eigenvalue weighted by molar-refractivity contribution is -0.394. The first-order valence-corrected chi connectivity index (χ1v) is 7.61. The lowest BCUT2D eigenvalue weighted by Crippen LogP contribution is -1.96. The standard InChI is InChI=1S/C11H5Cl3N4O4S/c12-9-8(23-11(14)10(9)13)4-15-16-5-1-6(17(19)20)3-7(2-5)18(21)22/h1-4,16H. The Bertz CT molecular complexity index is 792. The molecule has 0 aliphatic rings. The summed E-state index contributed by atoms with van der Waals surface area (Å²) in [7, 11) is 0. The van der Waals surface area contributed by atoms with Crippen molar-refractivity contribution in [1.82, 2.24) is 0 Å².